The zero-order valence-electron chi connectivity index (χ0n) is 16.0. The fourth-order valence-electron chi connectivity index (χ4n) is 3.43. The van der Waals surface area contributed by atoms with Crippen molar-refractivity contribution in [2.24, 2.45) is 5.92 Å². The van der Waals surface area contributed by atoms with Crippen molar-refractivity contribution in [2.75, 3.05) is 19.6 Å². The van der Waals surface area contributed by atoms with Crippen molar-refractivity contribution in [2.45, 2.75) is 63.4 Å². The van der Waals surface area contributed by atoms with E-state index in [0.717, 1.165) is 25.3 Å². The molecule has 2 N–H and O–H groups in total. The molecule has 1 aromatic heterocycles. The number of aryl methyl sites for hydroxylation is 2. The Morgan fingerprint density at radius 3 is 2.41 bits per heavy atom. The molecule has 1 amide bonds. The van der Waals surface area contributed by atoms with E-state index in [-0.39, 0.29) is 34.7 Å². The van der Waals surface area contributed by atoms with Crippen molar-refractivity contribution >= 4 is 28.3 Å². The van der Waals surface area contributed by atoms with E-state index < -0.39 is 16.1 Å². The number of sulfonamides is 1. The average molecular weight is 421 g/mol. The van der Waals surface area contributed by atoms with Crippen LogP contribution in [-0.2, 0) is 14.8 Å². The molecule has 1 unspecified atom stereocenters. The number of halogens is 1. The highest BCUT2D eigenvalue weighted by Crippen LogP contribution is 2.28. The first kappa shape index (κ1) is 22.1. The Balaban J connectivity index is 0.00000261. The molecule has 0 bridgehead atoms. The molecule has 1 aromatic rings. The number of nitrogens with one attached hydrogen (secondary N) is 2. The lowest BCUT2D eigenvalue weighted by molar-refractivity contribution is -0.133. The molecule has 1 saturated heterocycles. The highest BCUT2D eigenvalue weighted by atomic mass is 35.5. The predicted octanol–water partition coefficient (Wildman–Crippen LogP) is 1.37. The number of nitrogens with zero attached hydrogens (tertiary/aromatic N) is 2. The van der Waals surface area contributed by atoms with E-state index in [0.29, 0.717) is 19.1 Å². The molecule has 10 heteroatoms. The van der Waals surface area contributed by atoms with Gasteiger partial charge >= 0.3 is 0 Å². The average Bonchev–Trinajstić information content (AvgIpc) is 3.35. The zero-order valence-corrected chi connectivity index (χ0v) is 17.7. The van der Waals surface area contributed by atoms with Crippen LogP contribution in [0.15, 0.2) is 9.42 Å². The molecule has 0 aromatic carbocycles. The molecular formula is C17H29ClN4O4S. The Morgan fingerprint density at radius 1 is 1.26 bits per heavy atom. The summed E-state index contributed by atoms with van der Waals surface area (Å²) in [5.41, 5.74) is 0.289. The Bertz CT molecular complexity index is 735. The minimum Gasteiger partial charge on any atom is -0.360 e. The lowest BCUT2D eigenvalue weighted by atomic mass is 10.0. The molecule has 0 radical (unpaired) electrons. The molecule has 1 aliphatic heterocycles. The number of carbonyl (C=O) groups is 1. The minimum atomic E-state index is -3.85. The Labute approximate surface area is 166 Å². The first-order valence-electron chi connectivity index (χ1n) is 9.25. The maximum absolute atomic E-state index is 12.6. The third-order valence-electron chi connectivity index (χ3n) is 5.14. The summed E-state index contributed by atoms with van der Waals surface area (Å²) in [6.07, 6.45) is 4.46. The number of likely N-dealkylation sites (tertiary alicyclic amines) is 1. The zero-order chi connectivity index (χ0) is 18.9. The molecule has 1 atom stereocenters. The highest BCUT2D eigenvalue weighted by molar-refractivity contribution is 7.89. The number of rotatable bonds is 7. The SMILES string of the molecule is Cc1noc(C)c1S(=O)(=O)NC(C)C(=O)N1CCC(NCC2CC2)CC1.Cl. The first-order chi connectivity index (χ1) is 12.3. The van der Waals surface area contributed by atoms with E-state index in [1.807, 2.05) is 0 Å². The standard InChI is InChI=1S/C17H28N4O4S.ClH/c1-11-16(13(3)25-19-11)26(23,24)20-12(2)17(22)21-8-6-15(7-9-21)18-10-14-4-5-14;/h12,14-15,18,20H,4-10H2,1-3H3;1H. The van der Waals surface area contributed by atoms with Gasteiger partial charge in [0.05, 0.1) is 6.04 Å². The van der Waals surface area contributed by atoms with Gasteiger partial charge in [-0.2, -0.15) is 4.72 Å². The molecule has 8 nitrogen and oxygen atoms in total. The van der Waals surface area contributed by atoms with Crippen LogP contribution in [0.4, 0.5) is 0 Å². The van der Waals surface area contributed by atoms with Crippen molar-refractivity contribution in [3.63, 3.8) is 0 Å². The van der Waals surface area contributed by atoms with Gasteiger partial charge in [-0.25, -0.2) is 8.42 Å². The normalized spacial score (nSPS) is 19.6. The third-order valence-corrected chi connectivity index (χ3v) is 6.92. The summed E-state index contributed by atoms with van der Waals surface area (Å²) in [7, 11) is -3.85. The monoisotopic (exact) mass is 420 g/mol. The van der Waals surface area contributed by atoms with Gasteiger partial charge in [-0.1, -0.05) is 5.16 Å². The van der Waals surface area contributed by atoms with Crippen molar-refractivity contribution < 1.29 is 17.7 Å². The Morgan fingerprint density at radius 2 is 1.89 bits per heavy atom. The van der Waals surface area contributed by atoms with Crippen LogP contribution in [0.25, 0.3) is 0 Å². The fourth-order valence-corrected chi connectivity index (χ4v) is 4.96. The molecule has 2 aliphatic rings. The first-order valence-corrected chi connectivity index (χ1v) is 10.7. The predicted molar refractivity (Wildman–Crippen MR) is 103 cm³/mol. The summed E-state index contributed by atoms with van der Waals surface area (Å²) >= 11 is 0. The van der Waals surface area contributed by atoms with Crippen LogP contribution in [0.5, 0.6) is 0 Å². The van der Waals surface area contributed by atoms with E-state index in [1.54, 1.807) is 25.7 Å². The molecule has 3 rings (SSSR count). The van der Waals surface area contributed by atoms with Crippen LogP contribution < -0.4 is 10.0 Å². The van der Waals surface area contributed by atoms with Gasteiger partial charge < -0.3 is 14.7 Å². The van der Waals surface area contributed by atoms with E-state index >= 15 is 0 Å². The lowest BCUT2D eigenvalue weighted by Crippen LogP contribution is -2.51. The van der Waals surface area contributed by atoms with E-state index in [4.69, 9.17) is 4.52 Å². The highest BCUT2D eigenvalue weighted by Gasteiger charge is 2.32. The molecule has 27 heavy (non-hydrogen) atoms. The van der Waals surface area contributed by atoms with E-state index in [9.17, 15) is 13.2 Å². The third kappa shape index (κ3) is 5.43. The maximum atomic E-state index is 12.6. The van der Waals surface area contributed by atoms with Crippen molar-refractivity contribution in [3.8, 4) is 0 Å². The summed E-state index contributed by atoms with van der Waals surface area (Å²) < 4.78 is 32.5. The second kappa shape index (κ2) is 8.89. The smallest absolute Gasteiger partial charge is 0.246 e. The lowest BCUT2D eigenvalue weighted by Gasteiger charge is -2.34. The Kier molecular flexibility index (Phi) is 7.29. The van der Waals surface area contributed by atoms with Crippen LogP contribution in [0.1, 0.15) is 44.1 Å². The minimum absolute atomic E-state index is 0. The molecular weight excluding hydrogens is 392 g/mol. The van der Waals surface area contributed by atoms with Gasteiger partial charge in [-0.05, 0) is 58.9 Å². The van der Waals surface area contributed by atoms with Gasteiger partial charge in [0.25, 0.3) is 0 Å². The van der Waals surface area contributed by atoms with E-state index in [2.05, 4.69) is 15.2 Å². The largest absolute Gasteiger partial charge is 0.360 e. The van der Waals surface area contributed by atoms with Gasteiger partial charge in [0.1, 0.15) is 10.6 Å². The van der Waals surface area contributed by atoms with Crippen LogP contribution in [-0.4, -0.2) is 56.1 Å². The van der Waals surface area contributed by atoms with Crippen LogP contribution in [0.3, 0.4) is 0 Å². The maximum Gasteiger partial charge on any atom is 0.246 e. The summed E-state index contributed by atoms with van der Waals surface area (Å²) in [6, 6.07) is -0.376. The van der Waals surface area contributed by atoms with Gasteiger partial charge in [-0.3, -0.25) is 4.79 Å². The number of hydrogen-bond acceptors (Lipinski definition) is 6. The topological polar surface area (TPSA) is 105 Å². The number of carbonyl (C=O) groups excluding carboxylic acids is 1. The van der Waals surface area contributed by atoms with Gasteiger partial charge in [0, 0.05) is 19.1 Å². The molecule has 2 fully saturated rings. The number of aromatic nitrogens is 1. The molecule has 0 spiro atoms. The second-order valence-corrected chi connectivity index (χ2v) is 9.10. The summed E-state index contributed by atoms with van der Waals surface area (Å²) in [5, 5.41) is 7.25. The van der Waals surface area contributed by atoms with Gasteiger partial charge in [0.2, 0.25) is 15.9 Å². The van der Waals surface area contributed by atoms with Crippen molar-refractivity contribution in [1.82, 2.24) is 20.1 Å². The van der Waals surface area contributed by atoms with E-state index in [1.165, 1.54) is 12.8 Å². The molecule has 1 saturated carbocycles. The van der Waals surface area contributed by atoms with Crippen LogP contribution >= 0.6 is 12.4 Å². The van der Waals surface area contributed by atoms with Crippen molar-refractivity contribution in [1.29, 1.82) is 0 Å². The number of amides is 1. The van der Waals surface area contributed by atoms with Crippen LogP contribution in [0.2, 0.25) is 0 Å². The summed E-state index contributed by atoms with van der Waals surface area (Å²) in [5.74, 6) is 0.867. The molecule has 1 aliphatic carbocycles. The summed E-state index contributed by atoms with van der Waals surface area (Å²) in [4.78, 5) is 14.4. The quantitative estimate of drug-likeness (QED) is 0.690. The fraction of sp³-hybridized carbons (Fsp3) is 0.765. The van der Waals surface area contributed by atoms with Crippen LogP contribution in [0, 0.1) is 19.8 Å². The van der Waals surface area contributed by atoms with Crippen molar-refractivity contribution in [3.05, 3.63) is 11.5 Å². The number of piperidine rings is 1. The van der Waals surface area contributed by atoms with Gasteiger partial charge in [-0.15, -0.1) is 12.4 Å². The van der Waals surface area contributed by atoms with Gasteiger partial charge in [0.15, 0.2) is 5.76 Å². The Hall–Kier alpha value is -1.16. The summed E-state index contributed by atoms with van der Waals surface area (Å²) in [6.45, 7) is 7.07. The second-order valence-electron chi connectivity index (χ2n) is 7.45. The molecule has 2 heterocycles. The number of hydrogen-bond donors (Lipinski definition) is 2. The molecule has 154 valence electrons.